The molecule has 2 aromatic carbocycles. The molecule has 2 aromatic rings. The fourth-order valence-corrected chi connectivity index (χ4v) is 6.01. The quantitative estimate of drug-likeness (QED) is 0.316. The Morgan fingerprint density at radius 3 is 1.89 bits per heavy atom. The number of benzene rings is 2. The molecule has 0 spiro atoms. The van der Waals surface area contributed by atoms with Gasteiger partial charge < -0.3 is 9.47 Å². The second kappa shape index (κ2) is 11.5. The average Bonchev–Trinajstić information content (AvgIpc) is 2.86. The van der Waals surface area contributed by atoms with Crippen molar-refractivity contribution in [2.24, 2.45) is 17.8 Å². The van der Waals surface area contributed by atoms with E-state index in [0.29, 0.717) is 11.5 Å². The summed E-state index contributed by atoms with van der Waals surface area (Å²) in [5, 5.41) is 0. The molecule has 0 aromatic heterocycles. The van der Waals surface area contributed by atoms with Crippen LogP contribution in [0.15, 0.2) is 30.3 Å². The zero-order chi connectivity index (χ0) is 26.7. The first-order valence-electron chi connectivity index (χ1n) is 12.9. The molecular weight excluding hydrogens is 501 g/mol. The maximum absolute atomic E-state index is 14.8. The van der Waals surface area contributed by atoms with Crippen molar-refractivity contribution in [1.82, 2.24) is 0 Å². The van der Waals surface area contributed by atoms with Crippen LogP contribution in [0.2, 0.25) is 0 Å². The number of hydrogen-bond acceptors (Lipinski definition) is 2. The molecule has 0 amide bonds. The summed E-state index contributed by atoms with van der Waals surface area (Å²) in [6.45, 7) is -1.27. The van der Waals surface area contributed by atoms with E-state index in [1.807, 2.05) is 0 Å². The maximum atomic E-state index is 14.8. The molecule has 0 unspecified atom stereocenters. The second-order valence-electron chi connectivity index (χ2n) is 10.3. The van der Waals surface area contributed by atoms with Crippen LogP contribution in [0.5, 0.6) is 11.5 Å². The van der Waals surface area contributed by atoms with Crippen molar-refractivity contribution >= 4 is 0 Å². The van der Waals surface area contributed by atoms with Gasteiger partial charge in [-0.3, -0.25) is 0 Å². The van der Waals surface area contributed by atoms with Crippen LogP contribution in [0.4, 0.5) is 30.7 Å². The Kier molecular flexibility index (Phi) is 8.59. The molecular formula is C28H31F7O2. The van der Waals surface area contributed by atoms with E-state index in [-0.39, 0.29) is 18.1 Å². The summed E-state index contributed by atoms with van der Waals surface area (Å²) in [7, 11) is 0. The third-order valence-electron chi connectivity index (χ3n) is 8.11. The summed E-state index contributed by atoms with van der Waals surface area (Å²) in [5.41, 5.74) is -0.456. The van der Waals surface area contributed by atoms with E-state index in [1.165, 1.54) is 38.2 Å². The van der Waals surface area contributed by atoms with Gasteiger partial charge in [0.1, 0.15) is 11.6 Å². The van der Waals surface area contributed by atoms with Crippen LogP contribution in [0, 0.1) is 35.2 Å². The van der Waals surface area contributed by atoms with Crippen LogP contribution in [0.25, 0.3) is 0 Å². The van der Waals surface area contributed by atoms with Gasteiger partial charge >= 0.3 is 12.7 Å². The van der Waals surface area contributed by atoms with Crippen LogP contribution in [-0.2, 0) is 6.11 Å². The molecule has 0 heterocycles. The summed E-state index contributed by atoms with van der Waals surface area (Å²) in [6, 6.07) is 3.98. The largest absolute Gasteiger partial charge is 0.429 e. The number of hydrogen-bond donors (Lipinski definition) is 0. The van der Waals surface area contributed by atoms with Crippen LogP contribution in [-0.4, -0.2) is 6.61 Å². The van der Waals surface area contributed by atoms with E-state index in [9.17, 15) is 30.7 Å². The predicted molar refractivity (Wildman–Crippen MR) is 124 cm³/mol. The molecule has 9 heteroatoms. The highest BCUT2D eigenvalue weighted by Gasteiger charge is 2.39. The van der Waals surface area contributed by atoms with Crippen LogP contribution >= 0.6 is 0 Å². The first kappa shape index (κ1) is 27.6. The van der Waals surface area contributed by atoms with Crippen molar-refractivity contribution < 1.29 is 40.2 Å². The fraction of sp³-hybridized carbons (Fsp3) is 0.571. The van der Waals surface area contributed by atoms with Gasteiger partial charge in [-0.15, -0.1) is 0 Å². The van der Waals surface area contributed by atoms with E-state index in [4.69, 9.17) is 0 Å². The molecule has 37 heavy (non-hydrogen) atoms. The smallest absolute Gasteiger partial charge is 0.429 e. The van der Waals surface area contributed by atoms with Gasteiger partial charge in [-0.05, 0) is 79.9 Å². The normalized spacial score (nSPS) is 24.8. The number of rotatable bonds is 8. The standard InChI is InChI=1S/C28H31F7O2/c1-2-16-3-5-17(6-4-16)18-7-9-19(10-8-18)20-11-12-22(23(29)13-20)28(34,35)37-21-14-24(30)26(25(31)15-21)36-27(32)33/h11-19,27H,2-10H2,1H3/t16-,17-,18-,19-. The lowest BCUT2D eigenvalue weighted by Crippen LogP contribution is -2.26. The Hall–Kier alpha value is -2.45. The first-order valence-corrected chi connectivity index (χ1v) is 12.9. The zero-order valence-corrected chi connectivity index (χ0v) is 20.6. The van der Waals surface area contributed by atoms with Crippen molar-refractivity contribution in [2.75, 3.05) is 0 Å². The highest BCUT2D eigenvalue weighted by atomic mass is 19.3. The summed E-state index contributed by atoms with van der Waals surface area (Å²) in [6.07, 6.45) is 5.90. The van der Waals surface area contributed by atoms with E-state index < -0.39 is 47.2 Å². The number of alkyl halides is 4. The molecule has 204 valence electrons. The lowest BCUT2D eigenvalue weighted by Gasteiger charge is -2.38. The molecule has 4 rings (SSSR count). The van der Waals surface area contributed by atoms with Gasteiger partial charge in [-0.1, -0.05) is 32.3 Å². The number of ether oxygens (including phenoxy) is 2. The SMILES string of the molecule is CC[C@H]1CC[C@H]([C@H]2CC[C@H](c3ccc(C(F)(F)Oc4cc(F)c(OC(F)F)c(F)c4)c(F)c3)CC2)CC1. The summed E-state index contributed by atoms with van der Waals surface area (Å²) < 4.78 is 105. The van der Waals surface area contributed by atoms with Gasteiger partial charge in [-0.25, -0.2) is 13.2 Å². The lowest BCUT2D eigenvalue weighted by molar-refractivity contribution is -0.187. The molecule has 2 fully saturated rings. The molecule has 2 aliphatic carbocycles. The Morgan fingerprint density at radius 2 is 1.38 bits per heavy atom. The van der Waals surface area contributed by atoms with Crippen molar-refractivity contribution in [1.29, 1.82) is 0 Å². The molecule has 0 aliphatic heterocycles. The van der Waals surface area contributed by atoms with E-state index in [0.717, 1.165) is 49.7 Å². The monoisotopic (exact) mass is 532 g/mol. The summed E-state index contributed by atoms with van der Waals surface area (Å²) in [4.78, 5) is 0. The number of halogens is 7. The van der Waals surface area contributed by atoms with Crippen LogP contribution < -0.4 is 9.47 Å². The summed E-state index contributed by atoms with van der Waals surface area (Å²) in [5.74, 6) is -4.62. The van der Waals surface area contributed by atoms with Crippen molar-refractivity contribution in [3.8, 4) is 11.5 Å². The lowest BCUT2D eigenvalue weighted by atomic mass is 9.68. The molecule has 0 atom stereocenters. The van der Waals surface area contributed by atoms with E-state index in [2.05, 4.69) is 16.4 Å². The minimum Gasteiger partial charge on any atom is -0.429 e. The molecule has 2 aliphatic rings. The Labute approximate surface area is 212 Å². The molecule has 0 saturated heterocycles. The van der Waals surface area contributed by atoms with E-state index >= 15 is 0 Å². The molecule has 0 N–H and O–H groups in total. The Bertz CT molecular complexity index is 1040. The maximum Gasteiger partial charge on any atom is 0.429 e. The zero-order valence-electron chi connectivity index (χ0n) is 20.6. The molecule has 2 saturated carbocycles. The Morgan fingerprint density at radius 1 is 0.811 bits per heavy atom. The minimum atomic E-state index is -4.26. The average molecular weight is 533 g/mol. The summed E-state index contributed by atoms with van der Waals surface area (Å²) >= 11 is 0. The van der Waals surface area contributed by atoms with Crippen LogP contribution in [0.3, 0.4) is 0 Å². The van der Waals surface area contributed by atoms with Crippen molar-refractivity contribution in [3.05, 3.63) is 58.9 Å². The van der Waals surface area contributed by atoms with Gasteiger partial charge in [0.25, 0.3) is 0 Å². The molecule has 0 bridgehead atoms. The van der Waals surface area contributed by atoms with Gasteiger partial charge in [-0.2, -0.15) is 17.6 Å². The second-order valence-corrected chi connectivity index (χ2v) is 10.3. The minimum absolute atomic E-state index is 0.0758. The van der Waals surface area contributed by atoms with Crippen molar-refractivity contribution in [2.45, 2.75) is 83.3 Å². The van der Waals surface area contributed by atoms with E-state index in [1.54, 1.807) is 0 Å². The van der Waals surface area contributed by atoms with Crippen molar-refractivity contribution in [3.63, 3.8) is 0 Å². The predicted octanol–water partition coefficient (Wildman–Crippen LogP) is 9.32. The third kappa shape index (κ3) is 6.52. The molecule has 0 radical (unpaired) electrons. The fourth-order valence-electron chi connectivity index (χ4n) is 6.01. The molecule has 2 nitrogen and oxygen atoms in total. The van der Waals surface area contributed by atoms with Gasteiger partial charge in [0, 0.05) is 12.1 Å². The third-order valence-corrected chi connectivity index (χ3v) is 8.11. The van der Waals surface area contributed by atoms with Gasteiger partial charge in [0.2, 0.25) is 0 Å². The first-order chi connectivity index (χ1) is 17.6. The highest BCUT2D eigenvalue weighted by molar-refractivity contribution is 5.36. The van der Waals surface area contributed by atoms with Gasteiger partial charge in [0.05, 0.1) is 5.56 Å². The van der Waals surface area contributed by atoms with Crippen LogP contribution in [0.1, 0.15) is 81.8 Å². The topological polar surface area (TPSA) is 18.5 Å². The highest BCUT2D eigenvalue weighted by Crippen LogP contribution is 2.45. The Balaban J connectivity index is 1.39. The van der Waals surface area contributed by atoms with Gasteiger partial charge in [0.15, 0.2) is 17.4 Å².